The van der Waals surface area contributed by atoms with Crippen LogP contribution in [-0.2, 0) is 100 Å². The Labute approximate surface area is 603 Å². The predicted molar refractivity (Wildman–Crippen MR) is 375 cm³/mol. The van der Waals surface area contributed by atoms with Gasteiger partial charge in [0.15, 0.2) is 18.9 Å². The zero-order valence-electron chi connectivity index (χ0n) is 62.3. The zero-order valence-corrected chi connectivity index (χ0v) is 62.3. The fourth-order valence-electron chi connectivity index (χ4n) is 12.3. The van der Waals surface area contributed by atoms with E-state index in [4.69, 9.17) is 48.4 Å². The molecule has 3 saturated heterocycles. The Morgan fingerprint density at radius 2 is 0.745 bits per heavy atom. The quantitative estimate of drug-likeness (QED) is 0.0239. The fraction of sp³-hybridized carbons (Fsp3) is 0.831. The zero-order chi connectivity index (χ0) is 75.2. The first-order chi connectivity index (χ1) is 48.9. The van der Waals surface area contributed by atoms with Crippen LogP contribution in [0.4, 0.5) is 0 Å². The van der Waals surface area contributed by atoms with Crippen LogP contribution in [0.25, 0.3) is 0 Å². The fourth-order valence-corrected chi connectivity index (χ4v) is 12.3. The van der Waals surface area contributed by atoms with Crippen molar-refractivity contribution >= 4 is 70.9 Å². The number of amides is 8. The average molecular weight is 1450 g/mol. The highest BCUT2D eigenvalue weighted by Gasteiger charge is 2.44. The average Bonchev–Trinajstić information content (AvgIpc) is 0.837. The van der Waals surface area contributed by atoms with Gasteiger partial charge in [-0.05, 0) is 103 Å². The van der Waals surface area contributed by atoms with Crippen LogP contribution in [0.1, 0.15) is 229 Å². The maximum absolute atomic E-state index is 14.1. The van der Waals surface area contributed by atoms with Crippen LogP contribution in [0.3, 0.4) is 0 Å². The van der Waals surface area contributed by atoms with Crippen LogP contribution >= 0.6 is 0 Å². The SMILES string of the molecule is CCC1CC(OC(C)=O)C(NC(C)=O)C(OCCCCCC(=O)NCCCCC(=O)CN(CC(=O)NCCCNC(=O)CCCCCOC2OC(CC)CC(OC(C)=O)C2NC(C)=O)C(CCCCN)C(=O)NCCCNC(=O)CCCCCOC2OC(CC)CC(OC(C)=O)C2NC(C)=O)O1. The van der Waals surface area contributed by atoms with Crippen molar-refractivity contribution in [3.63, 3.8) is 0 Å². The minimum absolute atomic E-state index is 0.128. The summed E-state index contributed by atoms with van der Waals surface area (Å²) in [5.41, 5.74) is 5.88. The van der Waals surface area contributed by atoms with E-state index < -0.39 is 85.2 Å². The molecule has 31 nitrogen and oxygen atoms in total. The number of nitrogens with two attached hydrogens (primary N) is 1. The van der Waals surface area contributed by atoms with E-state index in [2.05, 4.69) is 42.5 Å². The van der Waals surface area contributed by atoms with Gasteiger partial charge in [0.25, 0.3) is 0 Å². The molecule has 10 N–H and O–H groups in total. The molecular formula is C71H124N10O21. The van der Waals surface area contributed by atoms with Crippen molar-refractivity contribution in [2.45, 2.75) is 309 Å². The number of ketones is 1. The molecule has 3 fully saturated rings. The number of rotatable bonds is 53. The summed E-state index contributed by atoms with van der Waals surface area (Å²) >= 11 is 0. The Morgan fingerprint density at radius 1 is 0.402 bits per heavy atom. The van der Waals surface area contributed by atoms with Crippen molar-refractivity contribution in [2.75, 3.05) is 72.2 Å². The molecular weight excluding hydrogens is 1330 g/mol. The minimum Gasteiger partial charge on any atom is -0.460 e. The van der Waals surface area contributed by atoms with Gasteiger partial charge in [-0.1, -0.05) is 46.5 Å². The van der Waals surface area contributed by atoms with E-state index in [1.807, 2.05) is 20.8 Å². The molecule has 584 valence electrons. The van der Waals surface area contributed by atoms with Gasteiger partial charge in [-0.25, -0.2) is 0 Å². The van der Waals surface area contributed by atoms with Gasteiger partial charge in [0, 0.05) is 139 Å². The van der Waals surface area contributed by atoms with Gasteiger partial charge in [-0.2, -0.15) is 0 Å². The molecule has 8 amide bonds. The highest BCUT2D eigenvalue weighted by molar-refractivity contribution is 5.87. The first-order valence-electron chi connectivity index (χ1n) is 37.3. The molecule has 0 aromatic carbocycles. The normalized spacial score (nSPS) is 22.8. The molecule has 3 heterocycles. The molecule has 0 bridgehead atoms. The Kier molecular flexibility index (Phi) is 46.2. The Bertz CT molecular complexity index is 2450. The topological polar surface area (TPSA) is 413 Å². The molecule has 0 spiro atoms. The van der Waals surface area contributed by atoms with Crippen molar-refractivity contribution < 1.29 is 100 Å². The van der Waals surface area contributed by atoms with Crippen molar-refractivity contribution in [2.24, 2.45) is 5.73 Å². The first-order valence-corrected chi connectivity index (χ1v) is 37.3. The summed E-state index contributed by atoms with van der Waals surface area (Å²) < 4.78 is 52.9. The van der Waals surface area contributed by atoms with Gasteiger partial charge >= 0.3 is 17.9 Å². The van der Waals surface area contributed by atoms with Gasteiger partial charge in [0.2, 0.25) is 47.3 Å². The molecule has 0 radical (unpaired) electrons. The lowest BCUT2D eigenvalue weighted by Gasteiger charge is -2.41. The van der Waals surface area contributed by atoms with E-state index in [1.165, 1.54) is 41.5 Å². The second-order valence-corrected chi connectivity index (χ2v) is 26.6. The summed E-state index contributed by atoms with van der Waals surface area (Å²) in [6.45, 7) is 16.0. The number of ether oxygens (including phenoxy) is 9. The third kappa shape index (κ3) is 38.9. The Morgan fingerprint density at radius 3 is 1.09 bits per heavy atom. The molecule has 13 atom stereocenters. The maximum Gasteiger partial charge on any atom is 0.302 e. The van der Waals surface area contributed by atoms with E-state index in [0.717, 1.165) is 0 Å². The summed E-state index contributed by atoms with van der Waals surface area (Å²) in [6.07, 6.45) is 8.14. The van der Waals surface area contributed by atoms with Crippen LogP contribution in [0.2, 0.25) is 0 Å². The number of Topliss-reactive ketones (excluding diaryl/α,β-unsaturated/α-hetero) is 1. The van der Waals surface area contributed by atoms with Crippen LogP contribution in [-0.4, -0.2) is 228 Å². The van der Waals surface area contributed by atoms with Crippen molar-refractivity contribution in [3.05, 3.63) is 0 Å². The number of esters is 3. The first kappa shape index (κ1) is 89.7. The molecule has 3 aliphatic heterocycles. The second-order valence-electron chi connectivity index (χ2n) is 26.6. The summed E-state index contributed by atoms with van der Waals surface area (Å²) in [4.78, 5) is 153. The lowest BCUT2D eigenvalue weighted by molar-refractivity contribution is -0.236. The molecule has 13 unspecified atom stereocenters. The van der Waals surface area contributed by atoms with Crippen LogP contribution in [0, 0.1) is 0 Å². The number of hydrogen-bond acceptors (Lipinski definition) is 23. The predicted octanol–water partition coefficient (Wildman–Crippen LogP) is 3.50. The number of nitrogens with zero attached hydrogens (tertiary/aromatic N) is 1. The van der Waals surface area contributed by atoms with Gasteiger partial charge < -0.3 is 90.9 Å². The number of carbonyl (C=O) groups excluding carboxylic acids is 12. The maximum atomic E-state index is 14.1. The molecule has 3 aliphatic rings. The molecule has 102 heavy (non-hydrogen) atoms. The van der Waals surface area contributed by atoms with Crippen LogP contribution in [0.15, 0.2) is 0 Å². The number of carbonyl (C=O) groups is 12. The monoisotopic (exact) mass is 1450 g/mol. The molecule has 0 aromatic heterocycles. The molecule has 3 rings (SSSR count). The molecule has 0 saturated carbocycles. The lowest BCUT2D eigenvalue weighted by Crippen LogP contribution is -2.58. The van der Waals surface area contributed by atoms with Gasteiger partial charge in [0.05, 0.1) is 37.4 Å². The van der Waals surface area contributed by atoms with E-state index in [0.29, 0.717) is 174 Å². The van der Waals surface area contributed by atoms with E-state index in [9.17, 15) is 57.5 Å². The second kappa shape index (κ2) is 52.5. The van der Waals surface area contributed by atoms with E-state index in [-0.39, 0.29) is 130 Å². The standard InChI is InChI=1S/C71H124N10O21/c1-10-54-42-58(97-50(7)85)65(78-47(4)82)69(100-54)94-39-23-13-16-30-61(89)73-34-22-20-28-53(88)45-81(46-64(92)76-37-26-35-74-62(90)31-17-14-24-40-95-70-66(79-48(5)83)59(98-51(8)86)43-55(11-2)101-70)57(29-19-21-33-72)68(93)77-38-27-36-75-63(91)32-18-15-25-41-96-71-67(80-49(6)84)60(99-52(9)87)44-56(12-3)102-71/h54-60,65-67,69-71H,10-46,72H2,1-9H3,(H,73,89)(H,74,90)(H,75,91)(H,76,92)(H,77,93)(H,78,82)(H,79,83)(H,80,84). The summed E-state index contributed by atoms with van der Waals surface area (Å²) in [5.74, 6) is -3.78. The van der Waals surface area contributed by atoms with E-state index >= 15 is 0 Å². The molecule has 0 aliphatic carbocycles. The lowest BCUT2D eigenvalue weighted by atomic mass is 9.98. The third-order valence-corrected chi connectivity index (χ3v) is 17.5. The summed E-state index contributed by atoms with van der Waals surface area (Å²) in [6, 6.07) is -2.89. The van der Waals surface area contributed by atoms with Crippen LogP contribution < -0.4 is 48.3 Å². The largest absolute Gasteiger partial charge is 0.460 e. The Balaban J connectivity index is 1.50. The smallest absolute Gasteiger partial charge is 0.302 e. The van der Waals surface area contributed by atoms with Crippen molar-refractivity contribution in [1.29, 1.82) is 0 Å². The van der Waals surface area contributed by atoms with Crippen molar-refractivity contribution in [1.82, 2.24) is 47.4 Å². The number of hydrogen-bond donors (Lipinski definition) is 9. The third-order valence-electron chi connectivity index (χ3n) is 17.5. The van der Waals surface area contributed by atoms with Gasteiger partial charge in [-0.15, -0.1) is 0 Å². The highest BCUT2D eigenvalue weighted by atomic mass is 16.7. The Hall–Kier alpha value is -6.48. The number of nitrogens with one attached hydrogen (secondary N) is 8. The van der Waals surface area contributed by atoms with Crippen LogP contribution in [0.5, 0.6) is 0 Å². The highest BCUT2D eigenvalue weighted by Crippen LogP contribution is 2.29. The van der Waals surface area contributed by atoms with E-state index in [1.54, 1.807) is 4.90 Å². The summed E-state index contributed by atoms with van der Waals surface area (Å²) in [7, 11) is 0. The molecule has 31 heteroatoms. The van der Waals surface area contributed by atoms with Gasteiger partial charge in [0.1, 0.15) is 42.2 Å². The summed E-state index contributed by atoms with van der Waals surface area (Å²) in [5, 5.41) is 22.9. The molecule has 0 aromatic rings. The van der Waals surface area contributed by atoms with Gasteiger partial charge in [-0.3, -0.25) is 62.4 Å². The minimum atomic E-state index is -0.880. The number of unbranched alkanes of at least 4 members (excludes halogenated alkanes) is 8. The van der Waals surface area contributed by atoms with Crippen molar-refractivity contribution in [3.8, 4) is 0 Å².